The fourth-order valence-corrected chi connectivity index (χ4v) is 5.09. The molecule has 218 valence electrons. The number of carbonyl (C=O) groups excluding carboxylic acids is 1. The van der Waals surface area contributed by atoms with Crippen molar-refractivity contribution in [2.45, 2.75) is 64.7 Å². The zero-order valence-corrected chi connectivity index (χ0v) is 23.4. The van der Waals surface area contributed by atoms with Gasteiger partial charge in [-0.1, -0.05) is 25.5 Å². The first-order valence-electron chi connectivity index (χ1n) is 13.3. The highest BCUT2D eigenvalue weighted by Gasteiger charge is 2.42. The lowest BCUT2D eigenvalue weighted by Crippen LogP contribution is -2.49. The molecular formula is C29H31F4N5O3. The molecule has 2 aliphatic rings. The maximum Gasteiger partial charge on any atom is 0.416 e. The lowest BCUT2D eigenvalue weighted by atomic mass is 9.97. The molecule has 0 saturated carbocycles. The maximum absolute atomic E-state index is 13.6. The van der Waals surface area contributed by atoms with Gasteiger partial charge in [-0.2, -0.15) is 13.2 Å². The molecule has 2 fully saturated rings. The number of aryl methyl sites for hydroxylation is 1. The van der Waals surface area contributed by atoms with Crippen molar-refractivity contribution in [3.8, 4) is 17.0 Å². The molecule has 1 amide bonds. The third kappa shape index (κ3) is 5.64. The molecule has 1 aromatic carbocycles. The van der Waals surface area contributed by atoms with E-state index in [0.29, 0.717) is 34.2 Å². The number of carbonyl (C=O) groups is 1. The molecule has 0 aliphatic carbocycles. The molecule has 41 heavy (non-hydrogen) atoms. The molecule has 0 spiro atoms. The van der Waals surface area contributed by atoms with Crippen LogP contribution in [0.25, 0.3) is 11.1 Å². The minimum atomic E-state index is -4.54. The van der Waals surface area contributed by atoms with Crippen LogP contribution < -0.4 is 9.64 Å². The standard InChI is InChI=1S/C29H31F4N5O3/c1-15(2)19-9-22(26(40-5)34-10-19)23-11-35-27(37-12-21(30)13-37)36-24(23)14-38-17(4)25(41-28(38)39)18-6-16(3)7-20(8-18)29(31,32)33/h6-11,15,17,21,25H,12-14H2,1-5H3/t17-,25-/m0/s1. The summed E-state index contributed by atoms with van der Waals surface area (Å²) in [5.74, 6) is 0.827. The van der Waals surface area contributed by atoms with Crippen LogP contribution in [0.15, 0.2) is 36.7 Å². The second kappa shape index (κ2) is 10.8. The molecule has 2 aliphatic heterocycles. The second-order valence-corrected chi connectivity index (χ2v) is 10.8. The van der Waals surface area contributed by atoms with Crippen molar-refractivity contribution in [1.82, 2.24) is 19.9 Å². The molecule has 0 unspecified atom stereocenters. The average Bonchev–Trinajstić information content (AvgIpc) is 3.18. The van der Waals surface area contributed by atoms with Gasteiger partial charge in [-0.15, -0.1) is 0 Å². The van der Waals surface area contributed by atoms with Gasteiger partial charge in [0.05, 0.1) is 44.0 Å². The number of hydrogen-bond acceptors (Lipinski definition) is 7. The number of rotatable bonds is 7. The number of anilines is 1. The van der Waals surface area contributed by atoms with Crippen LogP contribution in [0.5, 0.6) is 5.88 Å². The molecular weight excluding hydrogens is 542 g/mol. The Kier molecular flexibility index (Phi) is 7.52. The van der Waals surface area contributed by atoms with Crippen molar-refractivity contribution in [2.75, 3.05) is 25.1 Å². The molecule has 5 rings (SSSR count). The summed E-state index contributed by atoms with van der Waals surface area (Å²) in [4.78, 5) is 29.9. The van der Waals surface area contributed by atoms with Crippen LogP contribution in [-0.2, 0) is 17.5 Å². The summed E-state index contributed by atoms with van der Waals surface area (Å²) in [5, 5.41) is 0. The van der Waals surface area contributed by atoms with Crippen LogP contribution in [0.4, 0.5) is 28.3 Å². The van der Waals surface area contributed by atoms with Gasteiger partial charge < -0.3 is 14.4 Å². The van der Waals surface area contributed by atoms with Crippen LogP contribution in [0.1, 0.15) is 60.7 Å². The summed E-state index contributed by atoms with van der Waals surface area (Å²) in [7, 11) is 1.50. The van der Waals surface area contributed by atoms with Gasteiger partial charge in [0.15, 0.2) is 0 Å². The normalized spacial score (nSPS) is 19.5. The first-order chi connectivity index (χ1) is 19.3. The summed E-state index contributed by atoms with van der Waals surface area (Å²) in [6.07, 6.45) is -3.78. The second-order valence-electron chi connectivity index (χ2n) is 10.8. The fraction of sp³-hybridized carbons (Fsp3) is 0.448. The molecule has 2 saturated heterocycles. The van der Waals surface area contributed by atoms with Gasteiger partial charge in [0.2, 0.25) is 11.8 Å². The average molecular weight is 574 g/mol. The summed E-state index contributed by atoms with van der Waals surface area (Å²) in [5.41, 5.74) is 2.45. The van der Waals surface area contributed by atoms with Crippen molar-refractivity contribution >= 4 is 12.0 Å². The number of hydrogen-bond donors (Lipinski definition) is 0. The zero-order chi connectivity index (χ0) is 29.6. The first-order valence-corrected chi connectivity index (χ1v) is 13.3. The number of methoxy groups -OCH3 is 1. The van der Waals surface area contributed by atoms with E-state index in [2.05, 4.69) is 9.97 Å². The van der Waals surface area contributed by atoms with Crippen LogP contribution in [0.2, 0.25) is 0 Å². The van der Waals surface area contributed by atoms with Crippen LogP contribution in [0.3, 0.4) is 0 Å². The van der Waals surface area contributed by atoms with E-state index in [-0.39, 0.29) is 31.1 Å². The van der Waals surface area contributed by atoms with Gasteiger partial charge >= 0.3 is 12.3 Å². The smallest absolute Gasteiger partial charge is 0.416 e. The highest BCUT2D eigenvalue weighted by atomic mass is 19.4. The molecule has 2 atom stereocenters. The third-order valence-electron chi connectivity index (χ3n) is 7.46. The quantitative estimate of drug-likeness (QED) is 0.310. The summed E-state index contributed by atoms with van der Waals surface area (Å²) < 4.78 is 65.3. The van der Waals surface area contributed by atoms with E-state index in [1.54, 1.807) is 37.2 Å². The molecule has 12 heteroatoms. The number of aromatic nitrogens is 3. The molecule has 0 bridgehead atoms. The topological polar surface area (TPSA) is 80.7 Å². The number of halogens is 4. The Morgan fingerprint density at radius 2 is 1.83 bits per heavy atom. The summed E-state index contributed by atoms with van der Waals surface area (Å²) >= 11 is 0. The van der Waals surface area contributed by atoms with Crippen molar-refractivity contribution in [3.63, 3.8) is 0 Å². The first kappa shape index (κ1) is 28.6. The third-order valence-corrected chi connectivity index (χ3v) is 7.46. The van der Waals surface area contributed by atoms with Crippen molar-refractivity contribution in [1.29, 1.82) is 0 Å². The largest absolute Gasteiger partial charge is 0.481 e. The SMILES string of the molecule is COc1ncc(C(C)C)cc1-c1cnc(N2CC(F)C2)nc1CN1C(=O)O[C@H](c2cc(C)cc(C(F)(F)F)c2)[C@@H]1C. The van der Waals surface area contributed by atoms with E-state index in [9.17, 15) is 22.4 Å². The Morgan fingerprint density at radius 3 is 2.46 bits per heavy atom. The van der Waals surface area contributed by atoms with Gasteiger partial charge in [-0.3, -0.25) is 4.90 Å². The number of ether oxygens (including phenoxy) is 2. The Labute approximate surface area is 235 Å². The molecule has 4 heterocycles. The van der Waals surface area contributed by atoms with E-state index < -0.39 is 36.2 Å². The van der Waals surface area contributed by atoms with Crippen LogP contribution in [-0.4, -0.2) is 58.4 Å². The predicted octanol–water partition coefficient (Wildman–Crippen LogP) is 6.24. The van der Waals surface area contributed by atoms with Gasteiger partial charge in [0, 0.05) is 23.5 Å². The molecule has 3 aromatic rings. The van der Waals surface area contributed by atoms with E-state index in [4.69, 9.17) is 14.5 Å². The number of alkyl halides is 4. The molecule has 0 radical (unpaired) electrons. The highest BCUT2D eigenvalue weighted by molar-refractivity contribution is 5.74. The number of cyclic esters (lactones) is 1. The molecule has 8 nitrogen and oxygen atoms in total. The van der Waals surface area contributed by atoms with Crippen LogP contribution in [0, 0.1) is 6.92 Å². The zero-order valence-electron chi connectivity index (χ0n) is 23.4. The van der Waals surface area contributed by atoms with Gasteiger partial charge in [-0.05, 0) is 49.1 Å². The monoisotopic (exact) mass is 573 g/mol. The number of benzene rings is 1. The lowest BCUT2D eigenvalue weighted by molar-refractivity contribution is -0.137. The van der Waals surface area contributed by atoms with Crippen molar-refractivity contribution in [3.05, 3.63) is 64.6 Å². The minimum Gasteiger partial charge on any atom is -0.481 e. The Morgan fingerprint density at radius 1 is 1.10 bits per heavy atom. The number of amides is 1. The van der Waals surface area contributed by atoms with E-state index in [0.717, 1.165) is 17.7 Å². The Balaban J connectivity index is 1.53. The lowest BCUT2D eigenvalue weighted by Gasteiger charge is -2.34. The summed E-state index contributed by atoms with van der Waals surface area (Å²) in [6, 6.07) is 4.98. The maximum atomic E-state index is 13.6. The van der Waals surface area contributed by atoms with Crippen LogP contribution >= 0.6 is 0 Å². The Hall–Kier alpha value is -3.96. The number of pyridine rings is 1. The minimum absolute atomic E-state index is 0.0265. The fourth-order valence-electron chi connectivity index (χ4n) is 5.09. The van der Waals surface area contributed by atoms with E-state index in [1.807, 2.05) is 19.9 Å². The summed E-state index contributed by atoms with van der Waals surface area (Å²) in [6.45, 7) is 7.64. The van der Waals surface area contributed by atoms with E-state index >= 15 is 0 Å². The van der Waals surface area contributed by atoms with Crippen molar-refractivity contribution in [2.24, 2.45) is 0 Å². The van der Waals surface area contributed by atoms with Gasteiger partial charge in [0.25, 0.3) is 0 Å². The van der Waals surface area contributed by atoms with E-state index in [1.165, 1.54) is 12.0 Å². The van der Waals surface area contributed by atoms with Gasteiger partial charge in [0.1, 0.15) is 12.3 Å². The Bertz CT molecular complexity index is 1460. The molecule has 0 N–H and O–H groups in total. The van der Waals surface area contributed by atoms with Gasteiger partial charge in [-0.25, -0.2) is 24.1 Å². The molecule has 2 aromatic heterocycles. The highest BCUT2D eigenvalue weighted by Crippen LogP contribution is 2.39. The van der Waals surface area contributed by atoms with Crippen molar-refractivity contribution < 1.29 is 31.8 Å². The number of nitrogens with zero attached hydrogens (tertiary/aromatic N) is 5. The predicted molar refractivity (Wildman–Crippen MR) is 143 cm³/mol.